The van der Waals surface area contributed by atoms with E-state index in [0.717, 1.165) is 18.5 Å². The fraction of sp³-hybridized carbons (Fsp3) is 0.409. The Morgan fingerprint density at radius 1 is 1.15 bits per heavy atom. The number of nitrogens with one attached hydrogen (secondary N) is 2. The smallest absolute Gasteiger partial charge is 0.230 e. The number of carbonyl (C=O) groups is 1. The number of benzene rings is 2. The summed E-state index contributed by atoms with van der Waals surface area (Å²) < 4.78 is 5.54. The van der Waals surface area contributed by atoms with Crippen molar-refractivity contribution < 1.29 is 9.53 Å². The molecule has 1 fully saturated rings. The molecule has 0 aliphatic carbocycles. The minimum Gasteiger partial charge on any atom is -0.381 e. The van der Waals surface area contributed by atoms with Crippen molar-refractivity contribution in [2.45, 2.75) is 30.7 Å². The summed E-state index contributed by atoms with van der Waals surface area (Å²) >= 11 is 6.05. The zero-order chi connectivity index (χ0) is 18.7. The van der Waals surface area contributed by atoms with E-state index in [-0.39, 0.29) is 11.9 Å². The molecule has 2 aliphatic heterocycles. The predicted octanol–water partition coefficient (Wildman–Crippen LogP) is 3.39. The van der Waals surface area contributed by atoms with Gasteiger partial charge in [-0.1, -0.05) is 48.0 Å². The van der Waals surface area contributed by atoms with Crippen molar-refractivity contribution in [3.8, 4) is 0 Å². The van der Waals surface area contributed by atoms with Crippen LogP contribution in [0.2, 0.25) is 5.02 Å². The lowest BCUT2D eigenvalue weighted by molar-refractivity contribution is -0.130. The molecule has 1 unspecified atom stereocenters. The topological polar surface area (TPSA) is 50.4 Å². The van der Waals surface area contributed by atoms with Crippen LogP contribution in [0.15, 0.2) is 48.5 Å². The van der Waals surface area contributed by atoms with Crippen LogP contribution in [0.5, 0.6) is 0 Å². The molecule has 27 heavy (non-hydrogen) atoms. The Morgan fingerprint density at radius 2 is 1.89 bits per heavy atom. The van der Waals surface area contributed by atoms with Gasteiger partial charge in [0.2, 0.25) is 5.91 Å². The molecule has 1 amide bonds. The van der Waals surface area contributed by atoms with Crippen molar-refractivity contribution in [1.82, 2.24) is 10.6 Å². The first kappa shape index (κ1) is 18.5. The Balaban J connectivity index is 1.52. The summed E-state index contributed by atoms with van der Waals surface area (Å²) in [5.74, 6) is 0.0815. The van der Waals surface area contributed by atoms with E-state index in [9.17, 15) is 4.79 Å². The zero-order valence-corrected chi connectivity index (χ0v) is 16.1. The molecule has 0 spiro atoms. The monoisotopic (exact) mass is 384 g/mol. The van der Waals surface area contributed by atoms with Gasteiger partial charge in [0.25, 0.3) is 0 Å². The number of hydrogen-bond acceptors (Lipinski definition) is 3. The van der Waals surface area contributed by atoms with E-state index in [4.69, 9.17) is 16.3 Å². The van der Waals surface area contributed by atoms with Gasteiger partial charge in [-0.15, -0.1) is 0 Å². The third-order valence-corrected chi connectivity index (χ3v) is 6.11. The maximum Gasteiger partial charge on any atom is 0.230 e. The molecular formula is C22H25ClN2O2. The molecule has 1 atom stereocenters. The van der Waals surface area contributed by atoms with Crippen LogP contribution in [0.3, 0.4) is 0 Å². The van der Waals surface area contributed by atoms with Gasteiger partial charge in [-0.2, -0.15) is 0 Å². The highest BCUT2D eigenvalue weighted by Crippen LogP contribution is 2.36. The molecule has 0 saturated carbocycles. The number of hydrogen-bond donors (Lipinski definition) is 2. The second-order valence-corrected chi connectivity index (χ2v) is 7.80. The molecule has 2 heterocycles. The molecule has 0 bridgehead atoms. The van der Waals surface area contributed by atoms with Crippen LogP contribution in [0.4, 0.5) is 0 Å². The summed E-state index contributed by atoms with van der Waals surface area (Å²) in [6.45, 7) is 2.72. The first-order chi connectivity index (χ1) is 13.2. The van der Waals surface area contributed by atoms with Crippen LogP contribution in [0.25, 0.3) is 0 Å². The molecule has 142 valence electrons. The molecule has 4 rings (SSSR count). The van der Waals surface area contributed by atoms with Crippen molar-refractivity contribution in [3.63, 3.8) is 0 Å². The van der Waals surface area contributed by atoms with Crippen LogP contribution in [0, 0.1) is 0 Å². The molecule has 2 N–H and O–H groups in total. The van der Waals surface area contributed by atoms with Gasteiger partial charge in [-0.3, -0.25) is 4.79 Å². The van der Waals surface area contributed by atoms with Crippen molar-refractivity contribution in [3.05, 3.63) is 70.2 Å². The van der Waals surface area contributed by atoms with E-state index >= 15 is 0 Å². The largest absolute Gasteiger partial charge is 0.381 e. The van der Waals surface area contributed by atoms with Gasteiger partial charge < -0.3 is 15.4 Å². The van der Waals surface area contributed by atoms with Crippen LogP contribution in [-0.4, -0.2) is 32.2 Å². The highest BCUT2D eigenvalue weighted by atomic mass is 35.5. The first-order valence-electron chi connectivity index (χ1n) is 9.62. The minimum atomic E-state index is -0.545. The Kier molecular flexibility index (Phi) is 5.48. The highest BCUT2D eigenvalue weighted by molar-refractivity contribution is 6.30. The molecule has 2 aromatic carbocycles. The maximum absolute atomic E-state index is 13.3. The lowest BCUT2D eigenvalue weighted by Gasteiger charge is -2.37. The van der Waals surface area contributed by atoms with Crippen molar-refractivity contribution in [1.29, 1.82) is 0 Å². The van der Waals surface area contributed by atoms with Gasteiger partial charge in [0.15, 0.2) is 0 Å². The Hall–Kier alpha value is -1.88. The quantitative estimate of drug-likeness (QED) is 0.849. The van der Waals surface area contributed by atoms with Gasteiger partial charge in [-0.05, 0) is 54.6 Å². The van der Waals surface area contributed by atoms with Crippen LogP contribution in [0.1, 0.15) is 35.6 Å². The van der Waals surface area contributed by atoms with E-state index in [1.807, 2.05) is 24.3 Å². The molecule has 1 saturated heterocycles. The Morgan fingerprint density at radius 3 is 2.67 bits per heavy atom. The van der Waals surface area contributed by atoms with E-state index in [1.165, 1.54) is 11.1 Å². The second kappa shape index (κ2) is 8.01. The summed E-state index contributed by atoms with van der Waals surface area (Å²) in [4.78, 5) is 13.3. The van der Waals surface area contributed by atoms with Crippen molar-refractivity contribution >= 4 is 17.5 Å². The van der Waals surface area contributed by atoms with Gasteiger partial charge in [0, 0.05) is 30.8 Å². The number of ether oxygens (including phenoxy) is 1. The fourth-order valence-corrected chi connectivity index (χ4v) is 4.40. The summed E-state index contributed by atoms with van der Waals surface area (Å²) in [5.41, 5.74) is 3.13. The molecule has 0 aromatic heterocycles. The average molecular weight is 385 g/mol. The molecule has 2 aromatic rings. The minimum absolute atomic E-state index is 0.0815. The van der Waals surface area contributed by atoms with Crippen molar-refractivity contribution in [2.75, 3.05) is 26.3 Å². The third-order valence-electron chi connectivity index (χ3n) is 5.86. The molecule has 5 heteroatoms. The number of rotatable bonds is 4. The summed E-state index contributed by atoms with van der Waals surface area (Å²) in [6.07, 6.45) is 2.41. The number of carbonyl (C=O) groups excluding carboxylic acids is 1. The lowest BCUT2D eigenvalue weighted by atomic mass is 9.73. The standard InChI is InChI=1S/C22H25ClN2O2/c23-18-7-5-17(6-8-18)22(10-13-27-14-11-22)21(26)25-15-20-19-4-2-1-3-16(19)9-12-24-20/h1-8,20,24H,9-15H2,(H,25,26). The summed E-state index contributed by atoms with van der Waals surface area (Å²) in [5, 5.41) is 7.45. The molecule has 2 aliphatic rings. The SMILES string of the molecule is O=C(NCC1NCCc2ccccc21)C1(c2ccc(Cl)cc2)CCOCC1. The van der Waals surface area contributed by atoms with Crippen LogP contribution >= 0.6 is 11.6 Å². The molecule has 0 radical (unpaired) electrons. The van der Waals surface area contributed by atoms with Gasteiger partial charge in [0.1, 0.15) is 0 Å². The van der Waals surface area contributed by atoms with Crippen molar-refractivity contribution in [2.24, 2.45) is 0 Å². The first-order valence-corrected chi connectivity index (χ1v) is 10.0. The second-order valence-electron chi connectivity index (χ2n) is 7.37. The maximum atomic E-state index is 13.3. The number of amides is 1. The lowest BCUT2D eigenvalue weighted by Crippen LogP contribution is -2.50. The van der Waals surface area contributed by atoms with Gasteiger partial charge >= 0.3 is 0 Å². The summed E-state index contributed by atoms with van der Waals surface area (Å²) in [7, 11) is 0. The Bertz CT molecular complexity index is 800. The molecular weight excluding hydrogens is 360 g/mol. The summed E-state index contributed by atoms with van der Waals surface area (Å²) in [6, 6.07) is 16.3. The van der Waals surface area contributed by atoms with Crippen LogP contribution < -0.4 is 10.6 Å². The van der Waals surface area contributed by atoms with E-state index < -0.39 is 5.41 Å². The molecule has 4 nitrogen and oxygen atoms in total. The van der Waals surface area contributed by atoms with E-state index in [2.05, 4.69) is 34.9 Å². The van der Waals surface area contributed by atoms with E-state index in [1.54, 1.807) is 0 Å². The highest BCUT2D eigenvalue weighted by Gasteiger charge is 2.41. The van der Waals surface area contributed by atoms with Crippen LogP contribution in [-0.2, 0) is 21.4 Å². The normalized spacial score (nSPS) is 21.3. The van der Waals surface area contributed by atoms with E-state index in [0.29, 0.717) is 37.6 Å². The number of fused-ring (bicyclic) bond motifs is 1. The van der Waals surface area contributed by atoms with Gasteiger partial charge in [0.05, 0.1) is 5.41 Å². The third kappa shape index (κ3) is 3.75. The Labute approximate surface area is 165 Å². The average Bonchev–Trinajstić information content (AvgIpc) is 2.73. The zero-order valence-electron chi connectivity index (χ0n) is 15.3. The predicted molar refractivity (Wildman–Crippen MR) is 107 cm³/mol. The van der Waals surface area contributed by atoms with Gasteiger partial charge in [-0.25, -0.2) is 0 Å². The fourth-order valence-electron chi connectivity index (χ4n) is 4.27. The number of halogens is 1.